The first-order valence-corrected chi connectivity index (χ1v) is 7.19. The SMILES string of the molecule is Cc1cccc(CCC(NN)c2ccc(C)c(C)c2)c1. The first-order valence-electron chi connectivity index (χ1n) is 7.19. The van der Waals surface area contributed by atoms with Crippen molar-refractivity contribution in [3.05, 3.63) is 70.3 Å². The van der Waals surface area contributed by atoms with E-state index in [-0.39, 0.29) is 6.04 Å². The molecule has 0 bridgehead atoms. The van der Waals surface area contributed by atoms with E-state index in [0.29, 0.717) is 0 Å². The van der Waals surface area contributed by atoms with Crippen LogP contribution in [0.3, 0.4) is 0 Å². The molecule has 2 aromatic rings. The predicted molar refractivity (Wildman–Crippen MR) is 85.5 cm³/mol. The zero-order chi connectivity index (χ0) is 14.5. The molecule has 0 amide bonds. The Bertz CT molecular complexity index is 575. The standard InChI is InChI=1S/C18H24N2/c1-13-5-4-6-16(11-13)8-10-18(20-19)17-9-7-14(2)15(3)12-17/h4-7,9,11-12,18,20H,8,10,19H2,1-3H3. The van der Waals surface area contributed by atoms with E-state index < -0.39 is 0 Å². The minimum absolute atomic E-state index is 0.204. The van der Waals surface area contributed by atoms with E-state index in [1.165, 1.54) is 27.8 Å². The molecule has 0 aliphatic heterocycles. The monoisotopic (exact) mass is 268 g/mol. The highest BCUT2D eigenvalue weighted by Crippen LogP contribution is 2.21. The van der Waals surface area contributed by atoms with Gasteiger partial charge in [0.2, 0.25) is 0 Å². The fourth-order valence-electron chi connectivity index (χ4n) is 2.51. The van der Waals surface area contributed by atoms with Crippen LogP contribution in [0.4, 0.5) is 0 Å². The molecule has 0 radical (unpaired) electrons. The van der Waals surface area contributed by atoms with Gasteiger partial charge in [0.05, 0.1) is 0 Å². The molecule has 2 nitrogen and oxygen atoms in total. The molecule has 1 atom stereocenters. The molecule has 0 saturated heterocycles. The van der Waals surface area contributed by atoms with Crippen molar-refractivity contribution in [2.45, 2.75) is 39.7 Å². The summed E-state index contributed by atoms with van der Waals surface area (Å²) in [6.45, 7) is 6.41. The van der Waals surface area contributed by atoms with Crippen molar-refractivity contribution < 1.29 is 0 Å². The molecule has 2 rings (SSSR count). The van der Waals surface area contributed by atoms with Crippen LogP contribution in [0.1, 0.15) is 40.3 Å². The number of hydrazine groups is 1. The van der Waals surface area contributed by atoms with Gasteiger partial charge >= 0.3 is 0 Å². The second-order valence-corrected chi connectivity index (χ2v) is 5.59. The van der Waals surface area contributed by atoms with Crippen LogP contribution in [0.15, 0.2) is 42.5 Å². The zero-order valence-corrected chi connectivity index (χ0v) is 12.6. The maximum absolute atomic E-state index is 5.74. The Labute approximate surface area is 122 Å². The highest BCUT2D eigenvalue weighted by atomic mass is 15.2. The van der Waals surface area contributed by atoms with Crippen molar-refractivity contribution in [3.8, 4) is 0 Å². The number of benzene rings is 2. The third kappa shape index (κ3) is 3.69. The molecule has 106 valence electrons. The van der Waals surface area contributed by atoms with E-state index in [1.807, 2.05) is 0 Å². The van der Waals surface area contributed by atoms with Gasteiger partial charge in [-0.2, -0.15) is 0 Å². The van der Waals surface area contributed by atoms with Crippen LogP contribution in [0.25, 0.3) is 0 Å². The van der Waals surface area contributed by atoms with Crippen LogP contribution in [0.5, 0.6) is 0 Å². The number of nitrogens with two attached hydrogens (primary N) is 1. The molecule has 0 aliphatic carbocycles. The molecule has 0 saturated carbocycles. The normalized spacial score (nSPS) is 12.4. The van der Waals surface area contributed by atoms with E-state index in [9.17, 15) is 0 Å². The molecule has 0 spiro atoms. The number of hydrogen-bond acceptors (Lipinski definition) is 2. The Balaban J connectivity index is 2.07. The lowest BCUT2D eigenvalue weighted by Gasteiger charge is -2.17. The first kappa shape index (κ1) is 14.8. The fourth-order valence-corrected chi connectivity index (χ4v) is 2.51. The number of rotatable bonds is 5. The van der Waals surface area contributed by atoms with Gasteiger partial charge in [-0.25, -0.2) is 0 Å². The smallest absolute Gasteiger partial charge is 0.0463 e. The van der Waals surface area contributed by atoms with Crippen LogP contribution < -0.4 is 11.3 Å². The molecule has 20 heavy (non-hydrogen) atoms. The Hall–Kier alpha value is -1.64. The third-order valence-corrected chi connectivity index (χ3v) is 3.94. The molecule has 3 N–H and O–H groups in total. The van der Waals surface area contributed by atoms with Gasteiger partial charge in [-0.1, -0.05) is 48.0 Å². The van der Waals surface area contributed by atoms with Gasteiger partial charge in [0.25, 0.3) is 0 Å². The lowest BCUT2D eigenvalue weighted by molar-refractivity contribution is 0.516. The maximum Gasteiger partial charge on any atom is 0.0463 e. The highest BCUT2D eigenvalue weighted by molar-refractivity contribution is 5.32. The zero-order valence-electron chi connectivity index (χ0n) is 12.6. The molecular weight excluding hydrogens is 244 g/mol. The number of nitrogens with one attached hydrogen (secondary N) is 1. The lowest BCUT2D eigenvalue weighted by atomic mass is 9.96. The molecule has 0 aromatic heterocycles. The Morgan fingerprint density at radius 2 is 1.80 bits per heavy atom. The summed E-state index contributed by atoms with van der Waals surface area (Å²) < 4.78 is 0. The van der Waals surface area contributed by atoms with Gasteiger partial charge in [0.15, 0.2) is 0 Å². The summed E-state index contributed by atoms with van der Waals surface area (Å²) in [6.07, 6.45) is 2.03. The largest absolute Gasteiger partial charge is 0.271 e. The molecule has 0 aliphatic rings. The van der Waals surface area contributed by atoms with Crippen LogP contribution in [-0.2, 0) is 6.42 Å². The average molecular weight is 268 g/mol. The van der Waals surface area contributed by atoms with E-state index in [0.717, 1.165) is 12.8 Å². The van der Waals surface area contributed by atoms with Crippen molar-refractivity contribution in [3.63, 3.8) is 0 Å². The second-order valence-electron chi connectivity index (χ2n) is 5.59. The summed E-state index contributed by atoms with van der Waals surface area (Å²) in [4.78, 5) is 0. The molecule has 2 heteroatoms. The van der Waals surface area contributed by atoms with Gasteiger partial charge in [-0.15, -0.1) is 0 Å². The van der Waals surface area contributed by atoms with E-state index in [4.69, 9.17) is 5.84 Å². The average Bonchev–Trinajstić information content (AvgIpc) is 2.43. The summed E-state index contributed by atoms with van der Waals surface area (Å²) >= 11 is 0. The van der Waals surface area contributed by atoms with Crippen LogP contribution in [-0.4, -0.2) is 0 Å². The minimum atomic E-state index is 0.204. The molecule has 0 heterocycles. The van der Waals surface area contributed by atoms with Crippen molar-refractivity contribution in [1.82, 2.24) is 5.43 Å². The predicted octanol–water partition coefficient (Wildman–Crippen LogP) is 3.75. The fraction of sp³-hybridized carbons (Fsp3) is 0.333. The molecule has 2 aromatic carbocycles. The van der Waals surface area contributed by atoms with Crippen LogP contribution >= 0.6 is 0 Å². The maximum atomic E-state index is 5.74. The van der Waals surface area contributed by atoms with E-state index in [1.54, 1.807) is 0 Å². The topological polar surface area (TPSA) is 38.0 Å². The minimum Gasteiger partial charge on any atom is -0.271 e. The van der Waals surface area contributed by atoms with Gasteiger partial charge in [-0.05, 0) is 55.9 Å². The van der Waals surface area contributed by atoms with Crippen molar-refractivity contribution in [2.24, 2.45) is 5.84 Å². The molecular formula is C18H24N2. The lowest BCUT2D eigenvalue weighted by Crippen LogP contribution is -2.28. The van der Waals surface area contributed by atoms with Gasteiger partial charge in [0, 0.05) is 6.04 Å². The first-order chi connectivity index (χ1) is 9.60. The highest BCUT2D eigenvalue weighted by Gasteiger charge is 2.10. The summed E-state index contributed by atoms with van der Waals surface area (Å²) in [5.41, 5.74) is 9.54. The number of hydrogen-bond donors (Lipinski definition) is 2. The third-order valence-electron chi connectivity index (χ3n) is 3.94. The Kier molecular flexibility index (Phi) is 4.94. The van der Waals surface area contributed by atoms with Crippen LogP contribution in [0.2, 0.25) is 0 Å². The summed E-state index contributed by atoms with van der Waals surface area (Å²) in [7, 11) is 0. The van der Waals surface area contributed by atoms with Gasteiger partial charge in [-0.3, -0.25) is 11.3 Å². The van der Waals surface area contributed by atoms with Gasteiger partial charge in [0.1, 0.15) is 0 Å². The van der Waals surface area contributed by atoms with E-state index in [2.05, 4.69) is 68.7 Å². The van der Waals surface area contributed by atoms with Crippen molar-refractivity contribution in [1.29, 1.82) is 0 Å². The molecule has 0 fully saturated rings. The second kappa shape index (κ2) is 6.69. The summed E-state index contributed by atoms with van der Waals surface area (Å²) in [5.74, 6) is 5.74. The van der Waals surface area contributed by atoms with Crippen LogP contribution in [0, 0.1) is 20.8 Å². The molecule has 1 unspecified atom stereocenters. The quantitative estimate of drug-likeness (QED) is 0.640. The van der Waals surface area contributed by atoms with E-state index >= 15 is 0 Å². The summed E-state index contributed by atoms with van der Waals surface area (Å²) in [6, 6.07) is 15.4. The van der Waals surface area contributed by atoms with Crippen molar-refractivity contribution in [2.75, 3.05) is 0 Å². The number of aryl methyl sites for hydroxylation is 4. The van der Waals surface area contributed by atoms with Gasteiger partial charge < -0.3 is 0 Å². The summed E-state index contributed by atoms with van der Waals surface area (Å²) in [5, 5.41) is 0. The Morgan fingerprint density at radius 1 is 1.00 bits per heavy atom. The Morgan fingerprint density at radius 3 is 2.45 bits per heavy atom. The van der Waals surface area contributed by atoms with Crippen molar-refractivity contribution >= 4 is 0 Å².